The minimum absolute atomic E-state index is 0.0450. The van der Waals surface area contributed by atoms with Crippen LogP contribution in [0.5, 0.6) is 0 Å². The fourth-order valence-corrected chi connectivity index (χ4v) is 3.10. The molecule has 0 fully saturated rings. The highest BCUT2D eigenvalue weighted by Crippen LogP contribution is 2.36. The van der Waals surface area contributed by atoms with Gasteiger partial charge in [-0.25, -0.2) is 8.78 Å². The maximum atomic E-state index is 13.8. The summed E-state index contributed by atoms with van der Waals surface area (Å²) in [4.78, 5) is 3.13. The maximum Gasteiger partial charge on any atom is 0.419 e. The molecule has 2 N–H and O–H groups in total. The second kappa shape index (κ2) is 7.62. The third kappa shape index (κ3) is 4.84. The van der Waals surface area contributed by atoms with Gasteiger partial charge in [0, 0.05) is 22.9 Å². The van der Waals surface area contributed by atoms with Gasteiger partial charge in [-0.1, -0.05) is 12.1 Å². The Hall–Kier alpha value is -2.69. The molecule has 0 saturated carbocycles. The van der Waals surface area contributed by atoms with Gasteiger partial charge in [0.15, 0.2) is 0 Å². The van der Waals surface area contributed by atoms with E-state index in [1.165, 1.54) is 24.4 Å². The lowest BCUT2D eigenvalue weighted by Crippen LogP contribution is -2.09. The van der Waals surface area contributed by atoms with E-state index in [1.807, 2.05) is 0 Å². The van der Waals surface area contributed by atoms with Gasteiger partial charge in [0.05, 0.1) is 16.8 Å². The number of aromatic nitrogens is 1. The van der Waals surface area contributed by atoms with E-state index in [1.54, 1.807) is 0 Å². The monoisotopic (exact) mass is 438 g/mol. The van der Waals surface area contributed by atoms with Crippen molar-refractivity contribution < 1.29 is 35.1 Å². The molecule has 0 aliphatic carbocycles. The minimum Gasteiger partial charge on any atom is -0.360 e. The van der Waals surface area contributed by atoms with Crippen molar-refractivity contribution in [3.05, 3.63) is 71.4 Å². The number of H-pyrrole nitrogens is 1. The van der Waals surface area contributed by atoms with Crippen molar-refractivity contribution in [2.24, 2.45) is 0 Å². The van der Waals surface area contributed by atoms with Crippen molar-refractivity contribution in [1.29, 1.82) is 0 Å². The van der Waals surface area contributed by atoms with Crippen LogP contribution >= 0.6 is 11.9 Å². The Bertz CT molecular complexity index is 1020. The fraction of sp³-hybridized carbons (Fsp3) is 0.111. The summed E-state index contributed by atoms with van der Waals surface area (Å²) in [5, 5.41) is 0. The van der Waals surface area contributed by atoms with Gasteiger partial charge in [-0.05, 0) is 41.8 Å². The van der Waals surface area contributed by atoms with E-state index < -0.39 is 40.8 Å². The van der Waals surface area contributed by atoms with Gasteiger partial charge < -0.3 is 9.71 Å². The van der Waals surface area contributed by atoms with Crippen LogP contribution in [0.3, 0.4) is 0 Å². The second-order valence-corrected chi connectivity index (χ2v) is 6.72. The van der Waals surface area contributed by atoms with Crippen LogP contribution in [-0.4, -0.2) is 4.98 Å². The summed E-state index contributed by atoms with van der Waals surface area (Å²) < 4.78 is 106. The number of benzene rings is 2. The highest BCUT2D eigenvalue weighted by Gasteiger charge is 2.35. The molecule has 11 heteroatoms. The predicted octanol–water partition coefficient (Wildman–Crippen LogP) is 7.12. The molecule has 0 unspecified atom stereocenters. The molecule has 2 aromatic carbocycles. The van der Waals surface area contributed by atoms with Crippen LogP contribution in [0.15, 0.2) is 53.6 Å². The summed E-state index contributed by atoms with van der Waals surface area (Å²) in [6, 6.07) is 6.43. The topological polar surface area (TPSA) is 27.8 Å². The van der Waals surface area contributed by atoms with Crippen LogP contribution in [-0.2, 0) is 12.4 Å². The zero-order chi connectivity index (χ0) is 21.4. The number of alkyl halides is 6. The lowest BCUT2D eigenvalue weighted by Gasteiger charge is -2.11. The first-order chi connectivity index (χ1) is 13.4. The van der Waals surface area contributed by atoms with E-state index in [2.05, 4.69) is 9.71 Å². The number of halogens is 8. The number of anilines is 1. The van der Waals surface area contributed by atoms with E-state index in [-0.39, 0.29) is 11.6 Å². The van der Waals surface area contributed by atoms with Crippen LogP contribution in [0.4, 0.5) is 40.8 Å². The number of rotatable bonds is 4. The van der Waals surface area contributed by atoms with Crippen molar-refractivity contribution in [2.75, 3.05) is 4.72 Å². The smallest absolute Gasteiger partial charge is 0.360 e. The third-order valence-corrected chi connectivity index (χ3v) is 4.59. The molecule has 0 bridgehead atoms. The second-order valence-electron chi connectivity index (χ2n) is 5.84. The average Bonchev–Trinajstić information content (AvgIpc) is 3.09. The standard InChI is InChI=1S/C18H10F8N2S/c19-13-7-16(14(20)6-12(13)18(24,25)26)28-29-11-5-15(27-8-11)9-2-1-3-10(4-9)17(21,22)23/h1-8,27-28H. The van der Waals surface area contributed by atoms with E-state index in [4.69, 9.17) is 0 Å². The first-order valence-corrected chi connectivity index (χ1v) is 8.62. The lowest BCUT2D eigenvalue weighted by atomic mass is 10.1. The Kier molecular flexibility index (Phi) is 5.52. The molecule has 0 saturated heterocycles. The SMILES string of the molecule is Fc1cc(C(F)(F)F)c(F)cc1NSc1c[nH]c(-c2cccc(C(F)(F)F)c2)c1. The Morgan fingerprint density at radius 2 is 1.55 bits per heavy atom. The van der Waals surface area contributed by atoms with E-state index >= 15 is 0 Å². The van der Waals surface area contributed by atoms with Gasteiger partial charge in [0.1, 0.15) is 11.6 Å². The Morgan fingerprint density at radius 1 is 0.828 bits per heavy atom. The molecule has 1 heterocycles. The average molecular weight is 438 g/mol. The van der Waals surface area contributed by atoms with Crippen molar-refractivity contribution in [3.63, 3.8) is 0 Å². The lowest BCUT2D eigenvalue weighted by molar-refractivity contribution is -0.140. The summed E-state index contributed by atoms with van der Waals surface area (Å²) in [5.41, 5.74) is -2.49. The molecular weight excluding hydrogens is 428 g/mol. The molecule has 29 heavy (non-hydrogen) atoms. The van der Waals surface area contributed by atoms with Gasteiger partial charge in [-0.3, -0.25) is 0 Å². The molecule has 0 atom stereocenters. The first-order valence-electron chi connectivity index (χ1n) is 7.80. The quantitative estimate of drug-likeness (QED) is 0.335. The molecule has 2 nitrogen and oxygen atoms in total. The molecule has 0 radical (unpaired) electrons. The number of nitrogens with one attached hydrogen (secondary N) is 2. The third-order valence-electron chi connectivity index (χ3n) is 3.80. The normalized spacial score (nSPS) is 12.3. The van der Waals surface area contributed by atoms with Crippen molar-refractivity contribution in [2.45, 2.75) is 17.2 Å². The largest absolute Gasteiger partial charge is 0.419 e. The van der Waals surface area contributed by atoms with Gasteiger partial charge >= 0.3 is 12.4 Å². The molecule has 3 rings (SSSR count). The number of aromatic amines is 1. The van der Waals surface area contributed by atoms with Crippen LogP contribution < -0.4 is 4.72 Å². The predicted molar refractivity (Wildman–Crippen MR) is 92.1 cm³/mol. The molecule has 0 aliphatic rings. The van der Waals surface area contributed by atoms with E-state index in [9.17, 15) is 35.1 Å². The van der Waals surface area contributed by atoms with Crippen LogP contribution in [0, 0.1) is 11.6 Å². The Balaban J connectivity index is 1.76. The van der Waals surface area contributed by atoms with E-state index in [0.717, 1.165) is 24.1 Å². The molecule has 3 aromatic rings. The summed E-state index contributed by atoms with van der Waals surface area (Å²) >= 11 is 0.744. The van der Waals surface area contributed by atoms with Gasteiger partial charge in [-0.15, -0.1) is 0 Å². The first kappa shape index (κ1) is 21.0. The van der Waals surface area contributed by atoms with E-state index in [0.29, 0.717) is 16.7 Å². The van der Waals surface area contributed by atoms with Crippen molar-refractivity contribution in [3.8, 4) is 11.3 Å². The zero-order valence-electron chi connectivity index (χ0n) is 14.1. The van der Waals surface area contributed by atoms with Gasteiger partial charge in [0.25, 0.3) is 0 Å². The Labute approximate surface area is 163 Å². The summed E-state index contributed by atoms with van der Waals surface area (Å²) in [6.07, 6.45) is -8.14. The highest BCUT2D eigenvalue weighted by atomic mass is 32.2. The van der Waals surface area contributed by atoms with Crippen LogP contribution in [0.2, 0.25) is 0 Å². The fourth-order valence-electron chi connectivity index (χ4n) is 2.42. The molecule has 0 amide bonds. The number of hydrogen-bond donors (Lipinski definition) is 2. The van der Waals surface area contributed by atoms with Gasteiger partial charge in [0.2, 0.25) is 0 Å². The number of hydrogen-bond acceptors (Lipinski definition) is 2. The minimum atomic E-state index is -5.03. The highest BCUT2D eigenvalue weighted by molar-refractivity contribution is 8.00. The maximum absolute atomic E-state index is 13.8. The molecule has 0 aliphatic heterocycles. The molecular formula is C18H10F8N2S. The Morgan fingerprint density at radius 3 is 2.21 bits per heavy atom. The molecule has 154 valence electrons. The summed E-state index contributed by atoms with van der Waals surface area (Å²) in [5.74, 6) is -2.94. The van der Waals surface area contributed by atoms with Crippen molar-refractivity contribution >= 4 is 17.6 Å². The van der Waals surface area contributed by atoms with Crippen LogP contribution in [0.25, 0.3) is 11.3 Å². The summed E-state index contributed by atoms with van der Waals surface area (Å²) in [6.45, 7) is 0. The summed E-state index contributed by atoms with van der Waals surface area (Å²) in [7, 11) is 0. The van der Waals surface area contributed by atoms with Crippen molar-refractivity contribution in [1.82, 2.24) is 4.98 Å². The molecule has 0 spiro atoms. The van der Waals surface area contributed by atoms with Gasteiger partial charge in [-0.2, -0.15) is 26.3 Å². The van der Waals surface area contributed by atoms with Crippen LogP contribution in [0.1, 0.15) is 11.1 Å². The molecule has 1 aromatic heterocycles. The zero-order valence-corrected chi connectivity index (χ0v) is 14.9.